The number of aromatic nitrogens is 1. The quantitative estimate of drug-likeness (QED) is 0.829. The van der Waals surface area contributed by atoms with Crippen LogP contribution in [-0.2, 0) is 4.74 Å². The Morgan fingerprint density at radius 1 is 1.55 bits per heavy atom. The number of nitrogens with zero attached hydrogens (tertiary/aromatic N) is 2. The molecule has 1 aromatic rings. The summed E-state index contributed by atoms with van der Waals surface area (Å²) >= 11 is 0. The summed E-state index contributed by atoms with van der Waals surface area (Å²) in [6.07, 6.45) is 5.41. The maximum atomic E-state index is 13.2. The van der Waals surface area contributed by atoms with Crippen molar-refractivity contribution in [3.8, 4) is 0 Å². The molecule has 2 heterocycles. The molecule has 0 unspecified atom stereocenters. The summed E-state index contributed by atoms with van der Waals surface area (Å²) in [7, 11) is 1.74. The zero-order valence-electron chi connectivity index (χ0n) is 12.3. The number of likely N-dealkylation sites (tertiary alicyclic amines) is 1. The van der Waals surface area contributed by atoms with Crippen LogP contribution in [-0.4, -0.2) is 49.3 Å². The van der Waals surface area contributed by atoms with Crippen LogP contribution >= 0.6 is 0 Å². The summed E-state index contributed by atoms with van der Waals surface area (Å²) < 4.78 is 18.3. The SMILES string of the molecule is COCCN1CCC[C@@H]1CN[C@H](C)c1cncc(F)c1. The molecule has 1 saturated heterocycles. The van der Waals surface area contributed by atoms with E-state index >= 15 is 0 Å². The molecular weight excluding hydrogens is 257 g/mol. The van der Waals surface area contributed by atoms with E-state index < -0.39 is 0 Å². The van der Waals surface area contributed by atoms with Gasteiger partial charge in [0.1, 0.15) is 5.82 Å². The summed E-state index contributed by atoms with van der Waals surface area (Å²) in [6, 6.07) is 2.21. The first-order chi connectivity index (χ1) is 9.70. The third kappa shape index (κ3) is 4.23. The van der Waals surface area contributed by atoms with Gasteiger partial charge in [-0.25, -0.2) is 4.39 Å². The predicted octanol–water partition coefficient (Wildman–Crippen LogP) is 1.98. The van der Waals surface area contributed by atoms with Gasteiger partial charge in [-0.3, -0.25) is 9.88 Å². The maximum absolute atomic E-state index is 13.2. The molecule has 20 heavy (non-hydrogen) atoms. The lowest BCUT2D eigenvalue weighted by Crippen LogP contribution is -2.40. The van der Waals surface area contributed by atoms with Crippen molar-refractivity contribution in [3.63, 3.8) is 0 Å². The smallest absolute Gasteiger partial charge is 0.141 e. The molecule has 1 fully saturated rings. The highest BCUT2D eigenvalue weighted by molar-refractivity contribution is 5.14. The van der Waals surface area contributed by atoms with Gasteiger partial charge in [-0.15, -0.1) is 0 Å². The van der Waals surface area contributed by atoms with Crippen molar-refractivity contribution in [2.75, 3.05) is 33.4 Å². The Morgan fingerprint density at radius 2 is 2.40 bits per heavy atom. The molecule has 0 radical (unpaired) electrons. The van der Waals surface area contributed by atoms with Crippen LogP contribution in [0.25, 0.3) is 0 Å². The molecule has 0 saturated carbocycles. The van der Waals surface area contributed by atoms with Gasteiger partial charge in [0, 0.05) is 38.5 Å². The predicted molar refractivity (Wildman–Crippen MR) is 77.1 cm³/mol. The standard InChI is InChI=1S/C15H24FN3O/c1-12(13-8-14(16)10-17-9-13)18-11-15-4-3-5-19(15)6-7-20-2/h8-10,12,15,18H,3-7,11H2,1-2H3/t12-,15-/m1/s1. The molecule has 112 valence electrons. The average molecular weight is 281 g/mol. The van der Waals surface area contributed by atoms with Crippen molar-refractivity contribution in [2.45, 2.75) is 31.8 Å². The second-order valence-electron chi connectivity index (χ2n) is 5.39. The van der Waals surface area contributed by atoms with Gasteiger partial charge in [0.05, 0.1) is 12.8 Å². The molecule has 5 heteroatoms. The van der Waals surface area contributed by atoms with Crippen LogP contribution in [0.1, 0.15) is 31.4 Å². The maximum Gasteiger partial charge on any atom is 0.141 e. The molecule has 1 aromatic heterocycles. The lowest BCUT2D eigenvalue weighted by molar-refractivity contribution is 0.139. The van der Waals surface area contributed by atoms with E-state index in [0.29, 0.717) is 6.04 Å². The molecule has 1 aliphatic rings. The van der Waals surface area contributed by atoms with E-state index in [1.807, 2.05) is 6.92 Å². The topological polar surface area (TPSA) is 37.4 Å². The Labute approximate surface area is 120 Å². The summed E-state index contributed by atoms with van der Waals surface area (Å²) in [4.78, 5) is 6.36. The minimum atomic E-state index is -0.279. The van der Waals surface area contributed by atoms with Gasteiger partial charge in [0.2, 0.25) is 0 Å². The van der Waals surface area contributed by atoms with Crippen LogP contribution in [0.2, 0.25) is 0 Å². The highest BCUT2D eigenvalue weighted by atomic mass is 19.1. The first-order valence-corrected chi connectivity index (χ1v) is 7.27. The van der Waals surface area contributed by atoms with Crippen LogP contribution in [0.15, 0.2) is 18.5 Å². The van der Waals surface area contributed by atoms with Gasteiger partial charge >= 0.3 is 0 Å². The van der Waals surface area contributed by atoms with Gasteiger partial charge in [-0.1, -0.05) is 0 Å². The second-order valence-corrected chi connectivity index (χ2v) is 5.39. The second kappa shape index (κ2) is 7.67. The summed E-state index contributed by atoms with van der Waals surface area (Å²) in [5, 5.41) is 3.49. The number of methoxy groups -OCH3 is 1. The van der Waals surface area contributed by atoms with Gasteiger partial charge in [0.15, 0.2) is 0 Å². The van der Waals surface area contributed by atoms with E-state index in [-0.39, 0.29) is 11.9 Å². The third-order valence-corrected chi connectivity index (χ3v) is 3.97. The summed E-state index contributed by atoms with van der Waals surface area (Å²) in [5.41, 5.74) is 0.895. The Kier molecular flexibility index (Phi) is 5.88. The van der Waals surface area contributed by atoms with Crippen molar-refractivity contribution in [1.29, 1.82) is 0 Å². The molecule has 0 aliphatic carbocycles. The van der Waals surface area contributed by atoms with Crippen molar-refractivity contribution >= 4 is 0 Å². The van der Waals surface area contributed by atoms with Crippen LogP contribution in [0.3, 0.4) is 0 Å². The molecule has 0 amide bonds. The molecule has 2 atom stereocenters. The Hall–Kier alpha value is -1.04. The molecule has 0 spiro atoms. The minimum absolute atomic E-state index is 0.114. The number of pyridine rings is 1. The largest absolute Gasteiger partial charge is 0.383 e. The number of nitrogens with one attached hydrogen (secondary N) is 1. The normalized spacial score (nSPS) is 21.2. The number of halogens is 1. The Morgan fingerprint density at radius 3 is 3.15 bits per heavy atom. The van der Waals surface area contributed by atoms with E-state index in [1.165, 1.54) is 19.0 Å². The van der Waals surface area contributed by atoms with E-state index in [0.717, 1.165) is 31.8 Å². The highest BCUT2D eigenvalue weighted by Crippen LogP contribution is 2.18. The first-order valence-electron chi connectivity index (χ1n) is 7.27. The fourth-order valence-corrected chi connectivity index (χ4v) is 2.72. The fraction of sp³-hybridized carbons (Fsp3) is 0.667. The molecule has 1 N–H and O–H groups in total. The minimum Gasteiger partial charge on any atom is -0.383 e. The molecule has 4 nitrogen and oxygen atoms in total. The Bertz CT molecular complexity index is 416. The summed E-state index contributed by atoms with van der Waals surface area (Å²) in [6.45, 7) is 5.87. The van der Waals surface area contributed by atoms with E-state index in [1.54, 1.807) is 19.4 Å². The average Bonchev–Trinajstić information content (AvgIpc) is 2.90. The van der Waals surface area contributed by atoms with E-state index in [4.69, 9.17) is 4.74 Å². The van der Waals surface area contributed by atoms with Crippen LogP contribution in [0.5, 0.6) is 0 Å². The highest BCUT2D eigenvalue weighted by Gasteiger charge is 2.24. The monoisotopic (exact) mass is 281 g/mol. The number of hydrogen-bond acceptors (Lipinski definition) is 4. The van der Waals surface area contributed by atoms with Crippen LogP contribution < -0.4 is 5.32 Å². The molecule has 2 rings (SSSR count). The van der Waals surface area contributed by atoms with Crippen molar-refractivity contribution in [2.24, 2.45) is 0 Å². The number of rotatable bonds is 7. The van der Waals surface area contributed by atoms with Crippen LogP contribution in [0, 0.1) is 5.82 Å². The number of ether oxygens (including phenoxy) is 1. The van der Waals surface area contributed by atoms with E-state index in [2.05, 4.69) is 15.2 Å². The zero-order valence-corrected chi connectivity index (χ0v) is 12.3. The zero-order chi connectivity index (χ0) is 14.4. The van der Waals surface area contributed by atoms with Crippen molar-refractivity contribution < 1.29 is 9.13 Å². The van der Waals surface area contributed by atoms with Crippen molar-refractivity contribution in [1.82, 2.24) is 15.2 Å². The molecule has 0 bridgehead atoms. The third-order valence-electron chi connectivity index (χ3n) is 3.97. The van der Waals surface area contributed by atoms with Gasteiger partial charge < -0.3 is 10.1 Å². The van der Waals surface area contributed by atoms with Gasteiger partial charge in [0.25, 0.3) is 0 Å². The lowest BCUT2D eigenvalue weighted by atomic mass is 10.1. The van der Waals surface area contributed by atoms with Crippen molar-refractivity contribution in [3.05, 3.63) is 29.8 Å². The lowest BCUT2D eigenvalue weighted by Gasteiger charge is -2.26. The molecule has 0 aromatic carbocycles. The van der Waals surface area contributed by atoms with Gasteiger partial charge in [-0.05, 0) is 37.9 Å². The van der Waals surface area contributed by atoms with Gasteiger partial charge in [-0.2, -0.15) is 0 Å². The van der Waals surface area contributed by atoms with E-state index in [9.17, 15) is 4.39 Å². The fourth-order valence-electron chi connectivity index (χ4n) is 2.72. The summed E-state index contributed by atoms with van der Waals surface area (Å²) in [5.74, 6) is -0.279. The number of hydrogen-bond donors (Lipinski definition) is 1. The van der Waals surface area contributed by atoms with Crippen LogP contribution in [0.4, 0.5) is 4.39 Å². The Balaban J connectivity index is 1.82. The molecular formula is C15H24FN3O. The molecule has 1 aliphatic heterocycles. The first kappa shape index (κ1) is 15.4.